The van der Waals surface area contributed by atoms with Gasteiger partial charge in [0.25, 0.3) is 5.91 Å². The fraction of sp³-hybridized carbons (Fsp3) is 0.600. The van der Waals surface area contributed by atoms with E-state index in [0.717, 1.165) is 44.5 Å². The molecule has 3 heterocycles. The highest BCUT2D eigenvalue weighted by atomic mass is 16.5. The van der Waals surface area contributed by atoms with Crippen LogP contribution in [0.4, 0.5) is 0 Å². The van der Waals surface area contributed by atoms with Gasteiger partial charge in [-0.25, -0.2) is 0 Å². The maximum atomic E-state index is 12.7. The molecule has 0 aliphatic carbocycles. The van der Waals surface area contributed by atoms with E-state index in [1.165, 1.54) is 0 Å². The van der Waals surface area contributed by atoms with Crippen molar-refractivity contribution in [2.24, 2.45) is 0 Å². The van der Waals surface area contributed by atoms with Crippen molar-refractivity contribution in [3.63, 3.8) is 0 Å². The maximum absolute atomic E-state index is 12.7. The van der Waals surface area contributed by atoms with Crippen LogP contribution in [0.3, 0.4) is 0 Å². The van der Waals surface area contributed by atoms with Crippen LogP contribution in [0.2, 0.25) is 0 Å². The first-order chi connectivity index (χ1) is 9.86. The number of carbonyl (C=O) groups excluding carboxylic acids is 1. The van der Waals surface area contributed by atoms with Crippen LogP contribution in [0.1, 0.15) is 30.9 Å². The summed E-state index contributed by atoms with van der Waals surface area (Å²) in [6.45, 7) is 3.07. The van der Waals surface area contributed by atoms with Crippen LogP contribution in [-0.4, -0.2) is 48.1 Å². The molecule has 0 spiro atoms. The van der Waals surface area contributed by atoms with Gasteiger partial charge >= 0.3 is 0 Å². The van der Waals surface area contributed by atoms with Gasteiger partial charge in [-0.05, 0) is 30.9 Å². The summed E-state index contributed by atoms with van der Waals surface area (Å²) in [7, 11) is 0. The average Bonchev–Trinajstić information content (AvgIpc) is 2.56. The fourth-order valence-corrected chi connectivity index (χ4v) is 2.96. The van der Waals surface area contributed by atoms with Crippen molar-refractivity contribution in [2.45, 2.75) is 31.4 Å². The summed E-state index contributed by atoms with van der Waals surface area (Å²) in [6.07, 6.45) is 6.36. The number of carbonyl (C=O) groups is 1. The zero-order valence-corrected chi connectivity index (χ0v) is 11.6. The van der Waals surface area contributed by atoms with Gasteiger partial charge in [-0.3, -0.25) is 9.78 Å². The van der Waals surface area contributed by atoms with Crippen molar-refractivity contribution in [3.05, 3.63) is 30.1 Å². The number of nitrogens with one attached hydrogen (secondary N) is 1. The number of amides is 1. The summed E-state index contributed by atoms with van der Waals surface area (Å²) in [4.78, 5) is 18.8. The molecular formula is C15H21N3O2. The first kappa shape index (κ1) is 13.5. The molecule has 1 amide bonds. The Kier molecular flexibility index (Phi) is 4.28. The molecule has 2 aliphatic heterocycles. The summed E-state index contributed by atoms with van der Waals surface area (Å²) in [5.74, 6) is 0.139. The molecule has 1 N–H and O–H groups in total. The van der Waals surface area contributed by atoms with Crippen LogP contribution in [-0.2, 0) is 9.53 Å². The van der Waals surface area contributed by atoms with Gasteiger partial charge in [0.05, 0.1) is 6.04 Å². The Balaban J connectivity index is 1.76. The largest absolute Gasteiger partial charge is 0.368 e. The minimum Gasteiger partial charge on any atom is -0.368 e. The summed E-state index contributed by atoms with van der Waals surface area (Å²) < 4.78 is 5.65. The molecule has 3 rings (SSSR count). The smallest absolute Gasteiger partial charge is 0.252 e. The van der Waals surface area contributed by atoms with Crippen LogP contribution in [0.15, 0.2) is 24.5 Å². The molecule has 2 atom stereocenters. The Morgan fingerprint density at radius 1 is 1.45 bits per heavy atom. The second kappa shape index (κ2) is 6.33. The van der Waals surface area contributed by atoms with E-state index in [4.69, 9.17) is 4.74 Å². The first-order valence-electron chi connectivity index (χ1n) is 7.39. The molecule has 0 aromatic carbocycles. The van der Waals surface area contributed by atoms with Gasteiger partial charge in [0.1, 0.15) is 6.10 Å². The van der Waals surface area contributed by atoms with Gasteiger partial charge in [0.2, 0.25) is 0 Å². The van der Waals surface area contributed by atoms with Crippen LogP contribution in [0, 0.1) is 0 Å². The number of ether oxygens (including phenoxy) is 1. The summed E-state index contributed by atoms with van der Waals surface area (Å²) >= 11 is 0. The second-order valence-electron chi connectivity index (χ2n) is 5.39. The van der Waals surface area contributed by atoms with Gasteiger partial charge < -0.3 is 15.0 Å². The number of rotatable bonds is 2. The van der Waals surface area contributed by atoms with Crippen molar-refractivity contribution < 1.29 is 9.53 Å². The number of hydrogen-bond donors (Lipinski definition) is 1. The molecule has 5 heteroatoms. The Morgan fingerprint density at radius 2 is 2.40 bits per heavy atom. The lowest BCUT2D eigenvalue weighted by molar-refractivity contribution is -0.150. The van der Waals surface area contributed by atoms with Gasteiger partial charge in [-0.15, -0.1) is 0 Å². The molecular weight excluding hydrogens is 254 g/mol. The molecule has 2 saturated heterocycles. The molecule has 1 aromatic heterocycles. The molecule has 0 bridgehead atoms. The van der Waals surface area contributed by atoms with E-state index in [-0.39, 0.29) is 18.1 Å². The van der Waals surface area contributed by atoms with E-state index in [0.29, 0.717) is 6.61 Å². The molecule has 1 aromatic rings. The third-order valence-electron chi connectivity index (χ3n) is 4.05. The summed E-state index contributed by atoms with van der Waals surface area (Å²) in [6, 6.07) is 4.02. The predicted octanol–water partition coefficient (Wildman–Crippen LogP) is 1.12. The molecule has 2 aliphatic rings. The zero-order chi connectivity index (χ0) is 13.8. The van der Waals surface area contributed by atoms with Crippen molar-refractivity contribution in [1.82, 2.24) is 15.2 Å². The highest BCUT2D eigenvalue weighted by Crippen LogP contribution is 2.24. The normalized spacial score (nSPS) is 27.3. The van der Waals surface area contributed by atoms with E-state index in [9.17, 15) is 4.79 Å². The second-order valence-corrected chi connectivity index (χ2v) is 5.39. The SMILES string of the molecule is O=C(C1CCCCO1)N1CCNCC1c1cccnc1. The van der Waals surface area contributed by atoms with Crippen LogP contribution in [0.5, 0.6) is 0 Å². The number of nitrogens with zero attached hydrogens (tertiary/aromatic N) is 2. The third-order valence-corrected chi connectivity index (χ3v) is 4.05. The van der Waals surface area contributed by atoms with Crippen LogP contribution in [0.25, 0.3) is 0 Å². The molecule has 108 valence electrons. The first-order valence-corrected chi connectivity index (χ1v) is 7.39. The molecule has 0 radical (unpaired) electrons. The number of hydrogen-bond acceptors (Lipinski definition) is 4. The number of aromatic nitrogens is 1. The van der Waals surface area contributed by atoms with Gasteiger partial charge in [-0.1, -0.05) is 6.07 Å². The highest BCUT2D eigenvalue weighted by Gasteiger charge is 2.33. The average molecular weight is 275 g/mol. The molecule has 20 heavy (non-hydrogen) atoms. The summed E-state index contributed by atoms with van der Waals surface area (Å²) in [5.41, 5.74) is 1.09. The van der Waals surface area contributed by atoms with Crippen molar-refractivity contribution in [1.29, 1.82) is 0 Å². The lowest BCUT2D eigenvalue weighted by Gasteiger charge is -2.38. The van der Waals surface area contributed by atoms with E-state index in [1.807, 2.05) is 23.2 Å². The van der Waals surface area contributed by atoms with E-state index >= 15 is 0 Å². The Morgan fingerprint density at radius 3 is 3.15 bits per heavy atom. The maximum Gasteiger partial charge on any atom is 0.252 e. The highest BCUT2D eigenvalue weighted by molar-refractivity contribution is 5.81. The molecule has 2 fully saturated rings. The zero-order valence-electron chi connectivity index (χ0n) is 11.6. The minimum absolute atomic E-state index is 0.0653. The van der Waals surface area contributed by atoms with Crippen LogP contribution < -0.4 is 5.32 Å². The van der Waals surface area contributed by atoms with E-state index < -0.39 is 0 Å². The van der Waals surface area contributed by atoms with Gasteiger partial charge in [0, 0.05) is 38.6 Å². The van der Waals surface area contributed by atoms with Gasteiger partial charge in [0.15, 0.2) is 0 Å². The van der Waals surface area contributed by atoms with E-state index in [1.54, 1.807) is 6.20 Å². The van der Waals surface area contributed by atoms with Crippen molar-refractivity contribution in [3.8, 4) is 0 Å². The lowest BCUT2D eigenvalue weighted by Crippen LogP contribution is -2.52. The monoisotopic (exact) mass is 275 g/mol. The minimum atomic E-state index is -0.249. The Hall–Kier alpha value is -1.46. The lowest BCUT2D eigenvalue weighted by atomic mass is 10.0. The quantitative estimate of drug-likeness (QED) is 0.879. The standard InChI is InChI=1S/C15H21N3O2/c19-15(14-5-1-2-9-20-14)18-8-7-17-11-13(18)12-4-3-6-16-10-12/h3-4,6,10,13-14,17H,1-2,5,7-9,11H2. The predicted molar refractivity (Wildman–Crippen MR) is 75.2 cm³/mol. The van der Waals surface area contributed by atoms with Crippen molar-refractivity contribution in [2.75, 3.05) is 26.2 Å². The van der Waals surface area contributed by atoms with Crippen LogP contribution >= 0.6 is 0 Å². The molecule has 5 nitrogen and oxygen atoms in total. The molecule has 2 unspecified atom stereocenters. The summed E-state index contributed by atoms with van der Waals surface area (Å²) in [5, 5.41) is 3.36. The number of pyridine rings is 1. The number of piperazine rings is 1. The fourth-order valence-electron chi connectivity index (χ4n) is 2.96. The Labute approximate surface area is 119 Å². The van der Waals surface area contributed by atoms with Crippen molar-refractivity contribution >= 4 is 5.91 Å². The topological polar surface area (TPSA) is 54.5 Å². The van der Waals surface area contributed by atoms with E-state index in [2.05, 4.69) is 10.3 Å². The Bertz CT molecular complexity index is 446. The molecule has 0 saturated carbocycles. The third kappa shape index (κ3) is 2.83. The van der Waals surface area contributed by atoms with Gasteiger partial charge in [-0.2, -0.15) is 0 Å².